The van der Waals surface area contributed by atoms with Crippen LogP contribution in [0.2, 0.25) is 0 Å². The van der Waals surface area contributed by atoms with Crippen LogP contribution in [0.3, 0.4) is 0 Å². The Bertz CT molecular complexity index is 333. The van der Waals surface area contributed by atoms with Crippen LogP contribution in [0.4, 0.5) is 5.82 Å². The lowest BCUT2D eigenvalue weighted by Gasteiger charge is -2.09. The van der Waals surface area contributed by atoms with Crippen LogP contribution in [-0.2, 0) is 0 Å². The normalized spacial score (nSPS) is 12.2. The molecule has 90 valence electrons. The van der Waals surface area contributed by atoms with Gasteiger partial charge in [0.05, 0.1) is 7.11 Å². The molecule has 0 amide bonds. The Balaban J connectivity index is 2.50. The number of methoxy groups -OCH3 is 1. The highest BCUT2D eigenvalue weighted by atomic mass is 79.9. The van der Waals surface area contributed by atoms with Gasteiger partial charge in [0.25, 0.3) is 0 Å². The van der Waals surface area contributed by atoms with Crippen LogP contribution in [0, 0.1) is 6.92 Å². The Morgan fingerprint density at radius 3 is 2.88 bits per heavy atom. The Hall–Kier alpha value is -0.840. The fourth-order valence-corrected chi connectivity index (χ4v) is 1.53. The second-order valence-corrected chi connectivity index (χ2v) is 4.86. The Morgan fingerprint density at radius 1 is 1.50 bits per heavy atom. The SMILES string of the molecule is CCC(Br)CCNc1cc(OC)nc(C)n1. The van der Waals surface area contributed by atoms with Crippen LogP contribution in [0.1, 0.15) is 25.6 Å². The molecule has 0 fully saturated rings. The zero-order chi connectivity index (χ0) is 12.0. The van der Waals surface area contributed by atoms with Crippen molar-refractivity contribution in [3.63, 3.8) is 0 Å². The van der Waals surface area contributed by atoms with Gasteiger partial charge in [-0.2, -0.15) is 4.98 Å². The van der Waals surface area contributed by atoms with Gasteiger partial charge in [0.1, 0.15) is 11.6 Å². The molecule has 0 aromatic carbocycles. The van der Waals surface area contributed by atoms with E-state index in [1.165, 1.54) is 0 Å². The van der Waals surface area contributed by atoms with Crippen LogP contribution < -0.4 is 10.1 Å². The molecular formula is C11H18BrN3O. The van der Waals surface area contributed by atoms with E-state index in [-0.39, 0.29) is 0 Å². The molecule has 0 aliphatic rings. The molecule has 0 aliphatic carbocycles. The smallest absolute Gasteiger partial charge is 0.218 e. The van der Waals surface area contributed by atoms with Gasteiger partial charge in [-0.15, -0.1) is 0 Å². The highest BCUT2D eigenvalue weighted by Gasteiger charge is 2.03. The van der Waals surface area contributed by atoms with E-state index in [9.17, 15) is 0 Å². The zero-order valence-corrected chi connectivity index (χ0v) is 11.5. The fourth-order valence-electron chi connectivity index (χ4n) is 1.30. The molecular weight excluding hydrogens is 270 g/mol. The topological polar surface area (TPSA) is 47.0 Å². The lowest BCUT2D eigenvalue weighted by Crippen LogP contribution is -2.09. The molecule has 5 heteroatoms. The first-order valence-corrected chi connectivity index (χ1v) is 6.35. The number of rotatable bonds is 6. The Kier molecular flexibility index (Phi) is 5.52. The molecule has 1 aromatic heterocycles. The molecule has 1 heterocycles. The summed E-state index contributed by atoms with van der Waals surface area (Å²) in [4.78, 5) is 8.98. The van der Waals surface area contributed by atoms with Crippen LogP contribution in [0.25, 0.3) is 0 Å². The van der Waals surface area contributed by atoms with Gasteiger partial charge in [0.2, 0.25) is 5.88 Å². The Labute approximate surface area is 105 Å². The first kappa shape index (κ1) is 13.2. The summed E-state index contributed by atoms with van der Waals surface area (Å²) in [6.07, 6.45) is 2.20. The maximum absolute atomic E-state index is 5.08. The molecule has 1 atom stereocenters. The van der Waals surface area contributed by atoms with E-state index in [1.54, 1.807) is 7.11 Å². The molecule has 0 spiro atoms. The number of hydrogen-bond acceptors (Lipinski definition) is 4. The van der Waals surface area contributed by atoms with Gasteiger partial charge < -0.3 is 10.1 Å². The minimum Gasteiger partial charge on any atom is -0.481 e. The van der Waals surface area contributed by atoms with Crippen molar-refractivity contribution >= 4 is 21.7 Å². The van der Waals surface area contributed by atoms with Gasteiger partial charge in [-0.05, 0) is 19.8 Å². The summed E-state index contributed by atoms with van der Waals surface area (Å²) >= 11 is 3.60. The van der Waals surface area contributed by atoms with Crippen molar-refractivity contribution in [3.05, 3.63) is 11.9 Å². The average Bonchev–Trinajstić information content (AvgIpc) is 2.28. The minimum absolute atomic E-state index is 0.560. The van der Waals surface area contributed by atoms with Gasteiger partial charge >= 0.3 is 0 Å². The number of anilines is 1. The number of nitrogens with zero attached hydrogens (tertiary/aromatic N) is 2. The highest BCUT2D eigenvalue weighted by Crippen LogP contribution is 2.14. The summed E-state index contributed by atoms with van der Waals surface area (Å²) in [6.45, 7) is 4.91. The van der Waals surface area contributed by atoms with Crippen molar-refractivity contribution in [2.45, 2.75) is 31.5 Å². The van der Waals surface area contributed by atoms with Gasteiger partial charge in [0.15, 0.2) is 0 Å². The summed E-state index contributed by atoms with van der Waals surface area (Å²) in [7, 11) is 1.61. The molecule has 1 N–H and O–H groups in total. The van der Waals surface area contributed by atoms with E-state index in [2.05, 4.69) is 38.1 Å². The van der Waals surface area contributed by atoms with E-state index >= 15 is 0 Å². The van der Waals surface area contributed by atoms with Crippen molar-refractivity contribution < 1.29 is 4.74 Å². The summed E-state index contributed by atoms with van der Waals surface area (Å²) in [5.74, 6) is 2.13. The summed E-state index contributed by atoms with van der Waals surface area (Å²) < 4.78 is 5.08. The van der Waals surface area contributed by atoms with Crippen LogP contribution in [-0.4, -0.2) is 28.4 Å². The number of halogens is 1. The van der Waals surface area contributed by atoms with Gasteiger partial charge in [0, 0.05) is 17.4 Å². The van der Waals surface area contributed by atoms with E-state index in [0.717, 1.165) is 25.2 Å². The molecule has 0 aliphatic heterocycles. The Morgan fingerprint density at radius 2 is 2.25 bits per heavy atom. The lowest BCUT2D eigenvalue weighted by atomic mass is 10.2. The van der Waals surface area contributed by atoms with Crippen LogP contribution in [0.5, 0.6) is 5.88 Å². The standard InChI is InChI=1S/C11H18BrN3O/c1-4-9(12)5-6-13-10-7-11(16-3)15-8(2)14-10/h7,9H,4-6H2,1-3H3,(H,13,14,15). The van der Waals surface area contributed by atoms with E-state index in [0.29, 0.717) is 16.5 Å². The number of aromatic nitrogens is 2. The predicted octanol–water partition coefficient (Wildman–Crippen LogP) is 2.77. The fraction of sp³-hybridized carbons (Fsp3) is 0.636. The number of aryl methyl sites for hydroxylation is 1. The van der Waals surface area contributed by atoms with Crippen molar-refractivity contribution in [3.8, 4) is 5.88 Å². The molecule has 1 unspecified atom stereocenters. The molecule has 0 saturated carbocycles. The third kappa shape index (κ3) is 4.35. The summed E-state index contributed by atoms with van der Waals surface area (Å²) in [5, 5.41) is 3.26. The number of hydrogen-bond donors (Lipinski definition) is 1. The van der Waals surface area contributed by atoms with Crippen molar-refractivity contribution in [2.75, 3.05) is 19.0 Å². The molecule has 16 heavy (non-hydrogen) atoms. The van der Waals surface area contributed by atoms with Gasteiger partial charge in [-0.3, -0.25) is 0 Å². The van der Waals surface area contributed by atoms with Crippen molar-refractivity contribution in [2.24, 2.45) is 0 Å². The molecule has 0 radical (unpaired) electrons. The number of ether oxygens (including phenoxy) is 1. The number of nitrogens with one attached hydrogen (secondary N) is 1. The summed E-state index contributed by atoms with van der Waals surface area (Å²) in [5.41, 5.74) is 0. The third-order valence-electron chi connectivity index (χ3n) is 2.23. The highest BCUT2D eigenvalue weighted by molar-refractivity contribution is 9.09. The second-order valence-electron chi connectivity index (χ2n) is 3.56. The predicted molar refractivity (Wildman–Crippen MR) is 69.4 cm³/mol. The van der Waals surface area contributed by atoms with E-state index < -0.39 is 0 Å². The monoisotopic (exact) mass is 287 g/mol. The quantitative estimate of drug-likeness (QED) is 0.818. The largest absolute Gasteiger partial charge is 0.481 e. The van der Waals surface area contributed by atoms with Crippen molar-refractivity contribution in [1.29, 1.82) is 0 Å². The molecule has 1 aromatic rings. The minimum atomic E-state index is 0.560. The van der Waals surface area contributed by atoms with Crippen molar-refractivity contribution in [1.82, 2.24) is 9.97 Å². The molecule has 4 nitrogen and oxygen atoms in total. The molecule has 0 saturated heterocycles. The first-order valence-electron chi connectivity index (χ1n) is 5.43. The van der Waals surface area contributed by atoms with Crippen LogP contribution in [0.15, 0.2) is 6.07 Å². The molecule has 1 rings (SSSR count). The van der Waals surface area contributed by atoms with Gasteiger partial charge in [-0.25, -0.2) is 4.98 Å². The first-order chi connectivity index (χ1) is 7.65. The average molecular weight is 288 g/mol. The maximum atomic E-state index is 5.08. The maximum Gasteiger partial charge on any atom is 0.218 e. The third-order valence-corrected chi connectivity index (χ3v) is 3.34. The zero-order valence-electron chi connectivity index (χ0n) is 9.96. The number of alkyl halides is 1. The molecule has 0 bridgehead atoms. The summed E-state index contributed by atoms with van der Waals surface area (Å²) in [6, 6.07) is 1.81. The lowest BCUT2D eigenvalue weighted by molar-refractivity contribution is 0.396. The van der Waals surface area contributed by atoms with E-state index in [1.807, 2.05) is 13.0 Å². The van der Waals surface area contributed by atoms with Gasteiger partial charge in [-0.1, -0.05) is 22.9 Å². The second kappa shape index (κ2) is 6.68. The van der Waals surface area contributed by atoms with E-state index in [4.69, 9.17) is 4.74 Å². The van der Waals surface area contributed by atoms with Crippen LogP contribution >= 0.6 is 15.9 Å².